The first-order valence-electron chi connectivity index (χ1n) is 11.4. The van der Waals surface area contributed by atoms with Crippen molar-refractivity contribution in [1.82, 2.24) is 25.4 Å². The molecule has 0 unspecified atom stereocenters. The third kappa shape index (κ3) is 6.76. The maximum Gasteiger partial charge on any atom is 0.191 e. The highest BCUT2D eigenvalue weighted by Crippen LogP contribution is 2.20. The molecule has 1 aromatic rings. The van der Waals surface area contributed by atoms with Gasteiger partial charge in [0.1, 0.15) is 11.6 Å². The van der Waals surface area contributed by atoms with Crippen LogP contribution in [-0.2, 0) is 24.1 Å². The number of hydrogen-bond acceptors (Lipinski definition) is 4. The van der Waals surface area contributed by atoms with Gasteiger partial charge in [-0.25, -0.2) is 0 Å². The summed E-state index contributed by atoms with van der Waals surface area (Å²) in [6.07, 6.45) is 13.7. The normalized spacial score (nSPS) is 18.5. The molecule has 158 valence electrons. The van der Waals surface area contributed by atoms with Crippen LogP contribution in [0.5, 0.6) is 0 Å². The van der Waals surface area contributed by atoms with Gasteiger partial charge in [0, 0.05) is 45.6 Å². The molecular weight excluding hydrogens is 352 g/mol. The maximum absolute atomic E-state index is 5.99. The van der Waals surface area contributed by atoms with Crippen LogP contribution in [0.15, 0.2) is 4.99 Å². The van der Waals surface area contributed by atoms with Gasteiger partial charge in [-0.2, -0.15) is 0 Å². The van der Waals surface area contributed by atoms with Gasteiger partial charge >= 0.3 is 0 Å². The summed E-state index contributed by atoms with van der Waals surface area (Å²) in [6.45, 7) is 6.46. The molecule has 2 aliphatic rings. The van der Waals surface area contributed by atoms with Crippen molar-refractivity contribution < 1.29 is 4.74 Å². The van der Waals surface area contributed by atoms with E-state index in [1.807, 2.05) is 0 Å². The maximum atomic E-state index is 5.99. The van der Waals surface area contributed by atoms with E-state index in [0.717, 1.165) is 69.7 Å². The van der Waals surface area contributed by atoms with Crippen molar-refractivity contribution in [3.63, 3.8) is 0 Å². The summed E-state index contributed by atoms with van der Waals surface area (Å²) in [6, 6.07) is 0. The second kappa shape index (κ2) is 12.0. The number of hydrogen-bond donors (Lipinski definition) is 2. The van der Waals surface area contributed by atoms with Crippen molar-refractivity contribution in [2.75, 3.05) is 26.2 Å². The monoisotopic (exact) mass is 390 g/mol. The fraction of sp³-hybridized carbons (Fsp3) is 0.857. The molecule has 0 amide bonds. The van der Waals surface area contributed by atoms with Crippen molar-refractivity contribution in [3.05, 3.63) is 11.6 Å². The number of fused-ring (bicyclic) bond motifs is 1. The van der Waals surface area contributed by atoms with Crippen LogP contribution in [0.25, 0.3) is 0 Å². The van der Waals surface area contributed by atoms with Crippen LogP contribution in [0.1, 0.15) is 76.4 Å². The van der Waals surface area contributed by atoms with E-state index in [-0.39, 0.29) is 0 Å². The van der Waals surface area contributed by atoms with Gasteiger partial charge in [0.2, 0.25) is 0 Å². The average molecular weight is 391 g/mol. The van der Waals surface area contributed by atoms with Crippen LogP contribution in [0.3, 0.4) is 0 Å². The third-order valence-corrected chi connectivity index (χ3v) is 5.65. The molecule has 0 radical (unpaired) electrons. The Morgan fingerprint density at radius 2 is 1.96 bits per heavy atom. The summed E-state index contributed by atoms with van der Waals surface area (Å²) in [5, 5.41) is 15.6. The Bertz CT molecular complexity index is 594. The number of aliphatic imine (C=N–C) groups is 1. The molecule has 28 heavy (non-hydrogen) atoms. The zero-order chi connectivity index (χ0) is 19.4. The molecule has 7 nitrogen and oxygen atoms in total. The van der Waals surface area contributed by atoms with E-state index in [0.29, 0.717) is 6.10 Å². The molecule has 1 aliphatic heterocycles. The van der Waals surface area contributed by atoms with E-state index < -0.39 is 0 Å². The molecule has 1 aromatic heterocycles. The van der Waals surface area contributed by atoms with Gasteiger partial charge in [-0.15, -0.1) is 10.2 Å². The number of aryl methyl sites for hydroxylation is 1. The molecule has 1 fully saturated rings. The minimum atomic E-state index is 0.488. The van der Waals surface area contributed by atoms with Gasteiger partial charge in [-0.05, 0) is 39.0 Å². The highest BCUT2D eigenvalue weighted by molar-refractivity contribution is 5.79. The van der Waals surface area contributed by atoms with Gasteiger partial charge in [0.25, 0.3) is 0 Å². The fourth-order valence-electron chi connectivity index (χ4n) is 4.10. The largest absolute Gasteiger partial charge is 0.378 e. The van der Waals surface area contributed by atoms with Gasteiger partial charge in [0.15, 0.2) is 5.96 Å². The SMILES string of the molecule is CCNC(=NCCCOC1CCCCC1)NCCc1nnc2n1CCCCC2. The van der Waals surface area contributed by atoms with E-state index >= 15 is 0 Å². The topological polar surface area (TPSA) is 76.4 Å². The number of nitrogens with zero attached hydrogens (tertiary/aromatic N) is 4. The van der Waals surface area contributed by atoms with Crippen molar-refractivity contribution >= 4 is 5.96 Å². The molecule has 0 spiro atoms. The first-order valence-corrected chi connectivity index (χ1v) is 11.4. The lowest BCUT2D eigenvalue weighted by molar-refractivity contribution is 0.0281. The van der Waals surface area contributed by atoms with E-state index in [9.17, 15) is 0 Å². The zero-order valence-corrected chi connectivity index (χ0v) is 17.6. The van der Waals surface area contributed by atoms with Gasteiger partial charge in [0.05, 0.1) is 6.10 Å². The lowest BCUT2D eigenvalue weighted by Gasteiger charge is -2.21. The molecule has 7 heteroatoms. The van der Waals surface area contributed by atoms with Crippen LogP contribution in [0.4, 0.5) is 0 Å². The first kappa shape index (κ1) is 21.1. The Hall–Kier alpha value is -1.63. The second-order valence-corrected chi connectivity index (χ2v) is 7.92. The predicted octanol–water partition coefficient (Wildman–Crippen LogP) is 2.84. The van der Waals surface area contributed by atoms with Crippen molar-refractivity contribution in [1.29, 1.82) is 0 Å². The van der Waals surface area contributed by atoms with Crippen molar-refractivity contribution in [3.8, 4) is 0 Å². The summed E-state index contributed by atoms with van der Waals surface area (Å²) < 4.78 is 8.31. The minimum Gasteiger partial charge on any atom is -0.378 e. The highest BCUT2D eigenvalue weighted by Gasteiger charge is 2.14. The molecule has 1 saturated carbocycles. The zero-order valence-electron chi connectivity index (χ0n) is 17.6. The van der Waals surface area contributed by atoms with E-state index in [2.05, 4.69) is 37.3 Å². The first-order chi connectivity index (χ1) is 13.9. The van der Waals surface area contributed by atoms with Gasteiger partial charge in [-0.1, -0.05) is 25.7 Å². The highest BCUT2D eigenvalue weighted by atomic mass is 16.5. The van der Waals surface area contributed by atoms with Gasteiger partial charge < -0.3 is 19.9 Å². The van der Waals surface area contributed by atoms with E-state index in [1.54, 1.807) is 0 Å². The van der Waals surface area contributed by atoms with Gasteiger partial charge in [-0.3, -0.25) is 4.99 Å². The Balaban J connectivity index is 1.36. The summed E-state index contributed by atoms with van der Waals surface area (Å²) in [5.41, 5.74) is 0. The molecular formula is C21H38N6O. The molecule has 1 aliphatic carbocycles. The standard InChI is InChI=1S/C21H38N6O/c1-2-22-21(23-14-9-17-28-18-10-5-3-6-11-18)24-15-13-20-26-25-19-12-7-4-8-16-27(19)20/h18H,2-17H2,1H3,(H2,22,23,24). The molecule has 0 aromatic carbocycles. The number of rotatable bonds is 9. The molecule has 2 heterocycles. The van der Waals surface area contributed by atoms with Crippen molar-refractivity contribution in [2.24, 2.45) is 4.99 Å². The van der Waals surface area contributed by atoms with Crippen LogP contribution >= 0.6 is 0 Å². The van der Waals surface area contributed by atoms with Crippen LogP contribution in [-0.4, -0.2) is 53.1 Å². The molecule has 3 rings (SSSR count). The number of guanidine groups is 1. The molecule has 0 saturated heterocycles. The number of aromatic nitrogens is 3. The van der Waals surface area contributed by atoms with Crippen molar-refractivity contribution in [2.45, 2.75) is 90.2 Å². The second-order valence-electron chi connectivity index (χ2n) is 7.92. The Labute approximate surface area is 169 Å². The average Bonchev–Trinajstić information content (AvgIpc) is 2.95. The smallest absolute Gasteiger partial charge is 0.191 e. The van der Waals surface area contributed by atoms with Crippen LogP contribution < -0.4 is 10.6 Å². The van der Waals surface area contributed by atoms with Crippen LogP contribution in [0, 0.1) is 0 Å². The summed E-state index contributed by atoms with van der Waals surface area (Å²) in [5.74, 6) is 3.14. The molecule has 0 atom stereocenters. The molecule has 0 bridgehead atoms. The summed E-state index contributed by atoms with van der Waals surface area (Å²) in [7, 11) is 0. The minimum absolute atomic E-state index is 0.488. The lowest BCUT2D eigenvalue weighted by atomic mass is 9.98. The third-order valence-electron chi connectivity index (χ3n) is 5.65. The Morgan fingerprint density at radius 3 is 2.82 bits per heavy atom. The van der Waals surface area contributed by atoms with E-state index in [1.165, 1.54) is 51.4 Å². The Morgan fingerprint density at radius 1 is 1.11 bits per heavy atom. The van der Waals surface area contributed by atoms with E-state index in [4.69, 9.17) is 4.74 Å². The lowest BCUT2D eigenvalue weighted by Crippen LogP contribution is -2.38. The Kier molecular flexibility index (Phi) is 9.07. The fourth-order valence-corrected chi connectivity index (χ4v) is 4.10. The number of ether oxygens (including phenoxy) is 1. The number of nitrogens with one attached hydrogen (secondary N) is 2. The predicted molar refractivity (Wildman–Crippen MR) is 113 cm³/mol. The molecule has 2 N–H and O–H groups in total. The van der Waals surface area contributed by atoms with Crippen LogP contribution in [0.2, 0.25) is 0 Å². The summed E-state index contributed by atoms with van der Waals surface area (Å²) in [4.78, 5) is 4.69. The quantitative estimate of drug-likeness (QED) is 0.385. The summed E-state index contributed by atoms with van der Waals surface area (Å²) >= 11 is 0.